The third kappa shape index (κ3) is 7.11. The van der Waals surface area contributed by atoms with Gasteiger partial charge in [-0.1, -0.05) is 42.5 Å². The summed E-state index contributed by atoms with van der Waals surface area (Å²) in [6.45, 7) is 1.41. The number of nitrogens with zero attached hydrogens (tertiary/aromatic N) is 2. The molecule has 1 atom stereocenters. The number of hydrogen-bond acceptors (Lipinski definition) is 3. The zero-order valence-corrected chi connectivity index (χ0v) is 19.5. The first kappa shape index (κ1) is 23.8. The Hall–Kier alpha value is -2.82. The second-order valence-corrected chi connectivity index (χ2v) is 8.77. The molecule has 2 aromatic rings. The van der Waals surface area contributed by atoms with E-state index >= 15 is 0 Å². The van der Waals surface area contributed by atoms with E-state index in [0.717, 1.165) is 50.0 Å². The minimum Gasteiger partial charge on any atom is -0.494 e. The maximum atomic E-state index is 12.7. The molecular formula is C27H36N2O3. The number of carbonyl (C=O) groups excluding carboxylic acids is 2. The van der Waals surface area contributed by atoms with Gasteiger partial charge in [0.1, 0.15) is 11.8 Å². The van der Waals surface area contributed by atoms with Crippen LogP contribution in [0.4, 0.5) is 0 Å². The number of amides is 2. The van der Waals surface area contributed by atoms with Crippen LogP contribution in [0.5, 0.6) is 5.75 Å². The maximum Gasteiger partial charge on any atom is 0.244 e. The number of likely N-dealkylation sites (tertiary alicyclic amines) is 1. The number of carbonyl (C=O) groups is 2. The normalized spacial score (nSPS) is 15.6. The van der Waals surface area contributed by atoms with Gasteiger partial charge in [0.15, 0.2) is 0 Å². The molecule has 1 aliphatic rings. The number of unbranched alkanes of at least 4 members (excludes halogenated alkanes) is 2. The second kappa shape index (κ2) is 12.3. The number of benzene rings is 2. The van der Waals surface area contributed by atoms with Gasteiger partial charge in [0.2, 0.25) is 11.8 Å². The number of likely N-dealkylation sites (N-methyl/N-ethyl adjacent to an activating group) is 1. The monoisotopic (exact) mass is 436 g/mol. The van der Waals surface area contributed by atoms with E-state index in [1.807, 2.05) is 24.3 Å². The molecule has 0 radical (unpaired) electrons. The molecule has 0 aliphatic carbocycles. The number of hydrogen-bond donors (Lipinski definition) is 0. The van der Waals surface area contributed by atoms with Crippen LogP contribution < -0.4 is 4.74 Å². The van der Waals surface area contributed by atoms with Crippen LogP contribution in [0.2, 0.25) is 0 Å². The molecule has 5 nitrogen and oxygen atoms in total. The fourth-order valence-electron chi connectivity index (χ4n) is 4.21. The average molecular weight is 437 g/mol. The maximum absolute atomic E-state index is 12.7. The van der Waals surface area contributed by atoms with E-state index in [0.29, 0.717) is 19.4 Å². The molecule has 0 N–H and O–H groups in total. The van der Waals surface area contributed by atoms with Gasteiger partial charge in [-0.3, -0.25) is 9.59 Å². The Morgan fingerprint density at radius 3 is 2.38 bits per heavy atom. The van der Waals surface area contributed by atoms with Crippen molar-refractivity contribution in [2.45, 2.75) is 57.4 Å². The fourth-order valence-corrected chi connectivity index (χ4v) is 4.21. The van der Waals surface area contributed by atoms with Crippen molar-refractivity contribution in [3.63, 3.8) is 0 Å². The van der Waals surface area contributed by atoms with Gasteiger partial charge in [-0.2, -0.15) is 0 Å². The molecule has 1 heterocycles. The summed E-state index contributed by atoms with van der Waals surface area (Å²) in [6, 6.07) is 18.3. The Balaban J connectivity index is 1.33. The van der Waals surface area contributed by atoms with Gasteiger partial charge in [-0.15, -0.1) is 0 Å². The molecule has 5 heteroatoms. The van der Waals surface area contributed by atoms with E-state index in [4.69, 9.17) is 4.74 Å². The molecule has 0 aromatic heterocycles. The second-order valence-electron chi connectivity index (χ2n) is 8.77. The summed E-state index contributed by atoms with van der Waals surface area (Å²) in [5.41, 5.74) is 2.51. The summed E-state index contributed by atoms with van der Waals surface area (Å²) in [5.74, 6) is 0.968. The number of aryl methyl sites for hydroxylation is 2. The Morgan fingerprint density at radius 1 is 0.938 bits per heavy atom. The van der Waals surface area contributed by atoms with Crippen LogP contribution in [-0.2, 0) is 22.4 Å². The summed E-state index contributed by atoms with van der Waals surface area (Å²) < 4.78 is 5.87. The van der Waals surface area contributed by atoms with Crippen LogP contribution in [0.3, 0.4) is 0 Å². The van der Waals surface area contributed by atoms with E-state index in [1.54, 1.807) is 23.9 Å². The highest BCUT2D eigenvalue weighted by Gasteiger charge is 2.34. The van der Waals surface area contributed by atoms with Crippen molar-refractivity contribution in [2.75, 3.05) is 27.2 Å². The number of ether oxygens (including phenoxy) is 1. The summed E-state index contributed by atoms with van der Waals surface area (Å²) in [6.07, 6.45) is 7.27. The standard InChI is InChI=1S/C27H36N2O3/c1-28(2)27(31)25-13-9-20-29(25)26(30)19-16-23-14-17-24(18-15-23)32-21-8-4-7-12-22-10-5-3-6-11-22/h3,5-6,10-11,14-15,17-18,25H,4,7-9,12-13,16,19-21H2,1-2H3/t25-/m0/s1. The minimum absolute atomic E-state index is 0.0254. The first-order chi connectivity index (χ1) is 15.5. The lowest BCUT2D eigenvalue weighted by Gasteiger charge is -2.26. The topological polar surface area (TPSA) is 49.9 Å². The highest BCUT2D eigenvalue weighted by molar-refractivity contribution is 5.88. The summed E-state index contributed by atoms with van der Waals surface area (Å²) >= 11 is 0. The zero-order chi connectivity index (χ0) is 22.8. The first-order valence-corrected chi connectivity index (χ1v) is 11.8. The minimum atomic E-state index is -0.291. The lowest BCUT2D eigenvalue weighted by molar-refractivity contribution is -0.142. The zero-order valence-electron chi connectivity index (χ0n) is 19.5. The Morgan fingerprint density at radius 2 is 1.66 bits per heavy atom. The van der Waals surface area contributed by atoms with E-state index in [2.05, 4.69) is 30.3 Å². The van der Waals surface area contributed by atoms with Crippen LogP contribution in [0, 0.1) is 0 Å². The van der Waals surface area contributed by atoms with Gasteiger partial charge in [-0.05, 0) is 68.2 Å². The molecular weight excluding hydrogens is 400 g/mol. The molecule has 0 bridgehead atoms. The largest absolute Gasteiger partial charge is 0.494 e. The van der Waals surface area contributed by atoms with Gasteiger partial charge in [0, 0.05) is 27.1 Å². The molecule has 172 valence electrons. The Bertz CT molecular complexity index is 849. The van der Waals surface area contributed by atoms with E-state index in [9.17, 15) is 9.59 Å². The van der Waals surface area contributed by atoms with Crippen LogP contribution >= 0.6 is 0 Å². The summed E-state index contributed by atoms with van der Waals surface area (Å²) in [4.78, 5) is 28.3. The highest BCUT2D eigenvalue weighted by atomic mass is 16.5. The third-order valence-electron chi connectivity index (χ3n) is 6.07. The van der Waals surface area contributed by atoms with Crippen LogP contribution in [0.25, 0.3) is 0 Å². The molecule has 32 heavy (non-hydrogen) atoms. The van der Waals surface area contributed by atoms with Crippen molar-refractivity contribution in [3.05, 3.63) is 65.7 Å². The van der Waals surface area contributed by atoms with E-state index in [1.165, 1.54) is 12.0 Å². The van der Waals surface area contributed by atoms with Gasteiger partial charge < -0.3 is 14.5 Å². The highest BCUT2D eigenvalue weighted by Crippen LogP contribution is 2.21. The molecule has 1 aliphatic heterocycles. The van der Waals surface area contributed by atoms with Crippen molar-refractivity contribution >= 4 is 11.8 Å². The lowest BCUT2D eigenvalue weighted by atomic mass is 10.1. The predicted octanol–water partition coefficient (Wildman–Crippen LogP) is 4.49. The van der Waals surface area contributed by atoms with Crippen molar-refractivity contribution in [2.24, 2.45) is 0 Å². The molecule has 1 saturated heterocycles. The molecule has 3 rings (SSSR count). The molecule has 0 saturated carbocycles. The molecule has 2 amide bonds. The lowest BCUT2D eigenvalue weighted by Crippen LogP contribution is -2.45. The Labute approximate surface area is 192 Å². The molecule has 1 fully saturated rings. The summed E-state index contributed by atoms with van der Waals surface area (Å²) in [5, 5.41) is 0. The van der Waals surface area contributed by atoms with Crippen molar-refractivity contribution in [3.8, 4) is 5.75 Å². The van der Waals surface area contributed by atoms with Gasteiger partial charge in [0.25, 0.3) is 0 Å². The van der Waals surface area contributed by atoms with E-state index in [-0.39, 0.29) is 17.9 Å². The van der Waals surface area contributed by atoms with Crippen LogP contribution in [-0.4, -0.2) is 54.9 Å². The van der Waals surface area contributed by atoms with Crippen molar-refractivity contribution < 1.29 is 14.3 Å². The van der Waals surface area contributed by atoms with Crippen LogP contribution in [0.15, 0.2) is 54.6 Å². The van der Waals surface area contributed by atoms with Gasteiger partial charge in [0.05, 0.1) is 6.61 Å². The fraction of sp³-hybridized carbons (Fsp3) is 0.481. The number of rotatable bonds is 11. The van der Waals surface area contributed by atoms with Gasteiger partial charge >= 0.3 is 0 Å². The van der Waals surface area contributed by atoms with Crippen molar-refractivity contribution in [1.82, 2.24) is 9.80 Å². The molecule has 2 aromatic carbocycles. The predicted molar refractivity (Wildman–Crippen MR) is 128 cm³/mol. The third-order valence-corrected chi connectivity index (χ3v) is 6.07. The smallest absolute Gasteiger partial charge is 0.244 e. The molecule has 0 spiro atoms. The SMILES string of the molecule is CN(C)C(=O)[C@@H]1CCCN1C(=O)CCc1ccc(OCCCCCc2ccccc2)cc1. The molecule has 0 unspecified atom stereocenters. The first-order valence-electron chi connectivity index (χ1n) is 11.8. The van der Waals surface area contributed by atoms with Crippen molar-refractivity contribution in [1.29, 1.82) is 0 Å². The quantitative estimate of drug-likeness (QED) is 0.488. The van der Waals surface area contributed by atoms with Gasteiger partial charge in [-0.25, -0.2) is 0 Å². The van der Waals surface area contributed by atoms with Crippen LogP contribution in [0.1, 0.15) is 49.7 Å². The Kier molecular flexibility index (Phi) is 9.14. The summed E-state index contributed by atoms with van der Waals surface area (Å²) in [7, 11) is 3.50. The van der Waals surface area contributed by atoms with E-state index < -0.39 is 0 Å². The average Bonchev–Trinajstić information content (AvgIpc) is 3.30.